The molecule has 0 saturated heterocycles. The van der Waals surface area contributed by atoms with E-state index in [0.29, 0.717) is 30.7 Å². The van der Waals surface area contributed by atoms with Crippen molar-refractivity contribution < 1.29 is 9.32 Å². The second-order valence-corrected chi connectivity index (χ2v) is 7.70. The van der Waals surface area contributed by atoms with Crippen LogP contribution in [0, 0.1) is 0 Å². The van der Waals surface area contributed by atoms with E-state index < -0.39 is 0 Å². The Labute approximate surface area is 150 Å². The Morgan fingerprint density at radius 2 is 1.88 bits per heavy atom. The van der Waals surface area contributed by atoms with E-state index in [9.17, 15) is 4.79 Å². The zero-order chi connectivity index (χ0) is 17.6. The summed E-state index contributed by atoms with van der Waals surface area (Å²) in [5, 5.41) is 7.09. The van der Waals surface area contributed by atoms with Gasteiger partial charge in [-0.15, -0.1) is 0 Å². The van der Waals surface area contributed by atoms with E-state index in [1.165, 1.54) is 44.9 Å². The summed E-state index contributed by atoms with van der Waals surface area (Å²) in [6.07, 6.45) is 11.8. The summed E-state index contributed by atoms with van der Waals surface area (Å²) in [5.41, 5.74) is 0. The third kappa shape index (κ3) is 4.81. The zero-order valence-corrected chi connectivity index (χ0v) is 15.7. The van der Waals surface area contributed by atoms with Gasteiger partial charge < -0.3 is 9.84 Å². The lowest BCUT2D eigenvalue weighted by Gasteiger charge is -2.34. The molecule has 25 heavy (non-hydrogen) atoms. The van der Waals surface area contributed by atoms with Gasteiger partial charge in [0.15, 0.2) is 5.82 Å². The number of aromatic nitrogens is 2. The first kappa shape index (κ1) is 18.4. The average molecular weight is 348 g/mol. The van der Waals surface area contributed by atoms with Gasteiger partial charge in [0, 0.05) is 24.9 Å². The van der Waals surface area contributed by atoms with E-state index in [1.807, 2.05) is 6.92 Å². The van der Waals surface area contributed by atoms with Crippen LogP contribution in [0.1, 0.15) is 82.3 Å². The molecule has 3 rings (SSSR count). The average Bonchev–Trinajstić information content (AvgIpc) is 3.32. The van der Waals surface area contributed by atoms with E-state index in [4.69, 9.17) is 4.52 Å². The molecule has 1 heterocycles. The second-order valence-electron chi connectivity index (χ2n) is 7.70. The summed E-state index contributed by atoms with van der Waals surface area (Å²) in [4.78, 5) is 19.2. The Bertz CT molecular complexity index is 547. The minimum Gasteiger partial charge on any atom is -0.354 e. The number of hydrogen-bond acceptors (Lipinski definition) is 5. The Balaban J connectivity index is 1.41. The summed E-state index contributed by atoms with van der Waals surface area (Å²) >= 11 is 0. The summed E-state index contributed by atoms with van der Waals surface area (Å²) in [5.74, 6) is 2.02. The molecule has 2 aliphatic carbocycles. The second kappa shape index (κ2) is 8.79. The van der Waals surface area contributed by atoms with Gasteiger partial charge in [-0.05, 0) is 39.7 Å². The van der Waals surface area contributed by atoms with Gasteiger partial charge >= 0.3 is 0 Å². The normalized spacial score (nSPS) is 20.9. The summed E-state index contributed by atoms with van der Waals surface area (Å²) < 4.78 is 5.39. The maximum Gasteiger partial charge on any atom is 0.237 e. The SMILES string of the molecule is C[C@@H](C(=O)NCCc1noc(C2CCCC2)n1)N(C)C1CCCCC1. The molecular formula is C19H32N4O2. The van der Waals surface area contributed by atoms with Gasteiger partial charge in [-0.1, -0.05) is 37.3 Å². The van der Waals surface area contributed by atoms with Crippen LogP contribution in [0.5, 0.6) is 0 Å². The molecule has 6 nitrogen and oxygen atoms in total. The van der Waals surface area contributed by atoms with Gasteiger partial charge in [0.25, 0.3) is 0 Å². The third-order valence-corrected chi connectivity index (χ3v) is 5.98. The molecule has 1 aromatic rings. The fraction of sp³-hybridized carbons (Fsp3) is 0.842. The van der Waals surface area contributed by atoms with Crippen LogP contribution in [-0.2, 0) is 11.2 Å². The quantitative estimate of drug-likeness (QED) is 0.820. The zero-order valence-electron chi connectivity index (χ0n) is 15.7. The Hall–Kier alpha value is -1.43. The van der Waals surface area contributed by atoms with E-state index >= 15 is 0 Å². The molecule has 0 aliphatic heterocycles. The summed E-state index contributed by atoms with van der Waals surface area (Å²) in [6.45, 7) is 2.56. The Kier molecular flexibility index (Phi) is 6.45. The van der Waals surface area contributed by atoms with E-state index in [1.54, 1.807) is 0 Å². The lowest BCUT2D eigenvalue weighted by molar-refractivity contribution is -0.126. The van der Waals surface area contributed by atoms with Crippen molar-refractivity contribution >= 4 is 5.91 Å². The highest BCUT2D eigenvalue weighted by Gasteiger charge is 2.26. The maximum atomic E-state index is 12.4. The minimum atomic E-state index is -0.0950. The first-order valence-corrected chi connectivity index (χ1v) is 9.97. The van der Waals surface area contributed by atoms with Crippen molar-refractivity contribution in [2.45, 2.75) is 89.1 Å². The van der Waals surface area contributed by atoms with Crippen LogP contribution >= 0.6 is 0 Å². The Morgan fingerprint density at radius 1 is 1.20 bits per heavy atom. The van der Waals surface area contributed by atoms with Crippen LogP contribution < -0.4 is 5.32 Å². The molecule has 1 N–H and O–H groups in total. The fourth-order valence-corrected chi connectivity index (χ4v) is 4.14. The lowest BCUT2D eigenvalue weighted by Crippen LogP contribution is -2.48. The number of amides is 1. The number of carbonyl (C=O) groups excluding carboxylic acids is 1. The standard InChI is InChI=1S/C19H32N4O2/c1-14(23(2)16-10-4-3-5-11-16)18(24)20-13-12-17-21-19(25-22-17)15-8-6-7-9-15/h14-16H,3-13H2,1-2H3,(H,20,24)/t14-/m0/s1. The lowest BCUT2D eigenvalue weighted by atomic mass is 9.93. The number of nitrogens with zero attached hydrogens (tertiary/aromatic N) is 3. The van der Waals surface area contributed by atoms with Crippen LogP contribution in [-0.4, -0.2) is 46.6 Å². The Morgan fingerprint density at radius 3 is 2.60 bits per heavy atom. The number of likely N-dealkylation sites (N-methyl/N-ethyl adjacent to an activating group) is 1. The number of hydrogen-bond donors (Lipinski definition) is 1. The minimum absolute atomic E-state index is 0.0904. The van der Waals surface area contributed by atoms with Crippen LogP contribution in [0.3, 0.4) is 0 Å². The van der Waals surface area contributed by atoms with Gasteiger partial charge in [0.05, 0.1) is 6.04 Å². The van der Waals surface area contributed by atoms with E-state index in [-0.39, 0.29) is 11.9 Å². The van der Waals surface area contributed by atoms with E-state index in [0.717, 1.165) is 18.7 Å². The first-order valence-electron chi connectivity index (χ1n) is 9.97. The van der Waals surface area contributed by atoms with Crippen LogP contribution in [0.2, 0.25) is 0 Å². The molecule has 1 amide bonds. The highest BCUT2D eigenvalue weighted by atomic mass is 16.5. The molecule has 0 aromatic carbocycles. The molecule has 0 unspecified atom stereocenters. The number of carbonyl (C=O) groups is 1. The molecular weight excluding hydrogens is 316 g/mol. The molecule has 2 fully saturated rings. The number of nitrogens with one attached hydrogen (secondary N) is 1. The van der Waals surface area contributed by atoms with Crippen molar-refractivity contribution in [3.05, 3.63) is 11.7 Å². The van der Waals surface area contributed by atoms with Crippen LogP contribution in [0.25, 0.3) is 0 Å². The topological polar surface area (TPSA) is 71.3 Å². The molecule has 6 heteroatoms. The molecule has 2 saturated carbocycles. The van der Waals surface area contributed by atoms with Gasteiger partial charge in [-0.3, -0.25) is 9.69 Å². The van der Waals surface area contributed by atoms with Crippen LogP contribution in [0.15, 0.2) is 4.52 Å². The molecule has 140 valence electrons. The van der Waals surface area contributed by atoms with Gasteiger partial charge in [-0.25, -0.2) is 0 Å². The predicted molar refractivity (Wildman–Crippen MR) is 96.3 cm³/mol. The van der Waals surface area contributed by atoms with Gasteiger partial charge in [-0.2, -0.15) is 4.98 Å². The molecule has 0 spiro atoms. The summed E-state index contributed by atoms with van der Waals surface area (Å²) in [7, 11) is 2.08. The van der Waals surface area contributed by atoms with Crippen molar-refractivity contribution in [3.63, 3.8) is 0 Å². The largest absolute Gasteiger partial charge is 0.354 e. The molecule has 2 aliphatic rings. The third-order valence-electron chi connectivity index (χ3n) is 5.98. The first-order chi connectivity index (χ1) is 12.1. The van der Waals surface area contributed by atoms with Crippen molar-refractivity contribution in [2.75, 3.05) is 13.6 Å². The van der Waals surface area contributed by atoms with Crippen molar-refractivity contribution in [1.82, 2.24) is 20.4 Å². The van der Waals surface area contributed by atoms with Crippen molar-refractivity contribution in [2.24, 2.45) is 0 Å². The van der Waals surface area contributed by atoms with Crippen LogP contribution in [0.4, 0.5) is 0 Å². The highest BCUT2D eigenvalue weighted by molar-refractivity contribution is 5.81. The monoisotopic (exact) mass is 348 g/mol. The molecule has 0 radical (unpaired) electrons. The molecule has 1 aromatic heterocycles. The van der Waals surface area contributed by atoms with Gasteiger partial charge in [0.2, 0.25) is 11.8 Å². The van der Waals surface area contributed by atoms with Crippen molar-refractivity contribution in [1.29, 1.82) is 0 Å². The predicted octanol–water partition coefficient (Wildman–Crippen LogP) is 3.04. The highest BCUT2D eigenvalue weighted by Crippen LogP contribution is 2.32. The smallest absolute Gasteiger partial charge is 0.237 e. The summed E-state index contributed by atoms with van der Waals surface area (Å²) in [6, 6.07) is 0.447. The fourth-order valence-electron chi connectivity index (χ4n) is 4.14. The van der Waals surface area contributed by atoms with E-state index in [2.05, 4.69) is 27.4 Å². The maximum absolute atomic E-state index is 12.4. The number of rotatable bonds is 7. The van der Waals surface area contributed by atoms with Crippen molar-refractivity contribution in [3.8, 4) is 0 Å². The van der Waals surface area contributed by atoms with Gasteiger partial charge in [0.1, 0.15) is 0 Å². The molecule has 0 bridgehead atoms. The molecule has 1 atom stereocenters.